The third-order valence-electron chi connectivity index (χ3n) is 2.98. The van der Waals surface area contributed by atoms with Crippen LogP contribution in [0.15, 0.2) is 42.5 Å². The molecule has 0 aromatic heterocycles. The maximum absolute atomic E-state index is 11.9. The van der Waals surface area contributed by atoms with E-state index in [1.165, 1.54) is 7.11 Å². The van der Waals surface area contributed by atoms with E-state index >= 15 is 0 Å². The van der Waals surface area contributed by atoms with E-state index in [0.717, 1.165) is 0 Å². The van der Waals surface area contributed by atoms with Crippen LogP contribution in [-0.2, 0) is 0 Å². The number of hydrogen-bond donors (Lipinski definition) is 0. The molecule has 0 spiro atoms. The molecule has 21 heavy (non-hydrogen) atoms. The standard InChI is InChI=1S/C17H15NO3/c1-3-16(19)15-6-4-5-7-17(15)21-14-9-12(11-18)8-13(10-14)20-2/h4-10H,3H2,1-2H3. The molecule has 0 fully saturated rings. The third-order valence-corrected chi connectivity index (χ3v) is 2.98. The van der Waals surface area contributed by atoms with E-state index in [2.05, 4.69) is 0 Å². The molecule has 4 nitrogen and oxygen atoms in total. The van der Waals surface area contributed by atoms with Gasteiger partial charge in [0.1, 0.15) is 17.2 Å². The summed E-state index contributed by atoms with van der Waals surface area (Å²) < 4.78 is 10.9. The highest BCUT2D eigenvalue weighted by atomic mass is 16.5. The van der Waals surface area contributed by atoms with Crippen molar-refractivity contribution in [3.63, 3.8) is 0 Å². The summed E-state index contributed by atoms with van der Waals surface area (Å²) in [5, 5.41) is 9.01. The van der Waals surface area contributed by atoms with Crippen LogP contribution in [0.3, 0.4) is 0 Å². The molecular weight excluding hydrogens is 266 g/mol. The smallest absolute Gasteiger partial charge is 0.166 e. The summed E-state index contributed by atoms with van der Waals surface area (Å²) in [7, 11) is 1.52. The lowest BCUT2D eigenvalue weighted by molar-refractivity contribution is 0.0986. The normalized spacial score (nSPS) is 9.76. The highest BCUT2D eigenvalue weighted by Gasteiger charge is 2.11. The van der Waals surface area contributed by atoms with Crippen molar-refractivity contribution in [2.45, 2.75) is 13.3 Å². The second-order valence-electron chi connectivity index (χ2n) is 4.38. The van der Waals surface area contributed by atoms with Crippen molar-refractivity contribution in [3.8, 4) is 23.3 Å². The van der Waals surface area contributed by atoms with Gasteiger partial charge in [-0.3, -0.25) is 4.79 Å². The Morgan fingerprint density at radius 1 is 1.19 bits per heavy atom. The zero-order valence-corrected chi connectivity index (χ0v) is 11.9. The van der Waals surface area contributed by atoms with Gasteiger partial charge in [-0.2, -0.15) is 5.26 Å². The molecule has 0 radical (unpaired) electrons. The predicted molar refractivity (Wildman–Crippen MR) is 78.8 cm³/mol. The number of nitriles is 1. The summed E-state index contributed by atoms with van der Waals surface area (Å²) in [5.41, 5.74) is 0.963. The number of ether oxygens (including phenoxy) is 2. The van der Waals surface area contributed by atoms with E-state index in [0.29, 0.717) is 34.8 Å². The average molecular weight is 281 g/mol. The first-order valence-corrected chi connectivity index (χ1v) is 6.57. The fourth-order valence-electron chi connectivity index (χ4n) is 1.92. The van der Waals surface area contributed by atoms with Gasteiger partial charge in [-0.15, -0.1) is 0 Å². The van der Waals surface area contributed by atoms with Crippen molar-refractivity contribution in [1.82, 2.24) is 0 Å². The summed E-state index contributed by atoms with van der Waals surface area (Å²) in [6.07, 6.45) is 0.405. The van der Waals surface area contributed by atoms with Crippen molar-refractivity contribution in [3.05, 3.63) is 53.6 Å². The van der Waals surface area contributed by atoms with Crippen molar-refractivity contribution in [2.24, 2.45) is 0 Å². The van der Waals surface area contributed by atoms with Gasteiger partial charge < -0.3 is 9.47 Å². The molecule has 4 heteroatoms. The first-order valence-electron chi connectivity index (χ1n) is 6.57. The number of Topliss-reactive ketones (excluding diaryl/α,β-unsaturated/α-hetero) is 1. The molecule has 0 aliphatic rings. The molecule has 0 N–H and O–H groups in total. The number of rotatable bonds is 5. The second kappa shape index (κ2) is 6.58. The van der Waals surface area contributed by atoms with Gasteiger partial charge in [-0.1, -0.05) is 19.1 Å². The molecule has 2 rings (SSSR count). The zero-order valence-electron chi connectivity index (χ0n) is 11.9. The van der Waals surface area contributed by atoms with Crippen LogP contribution in [0.25, 0.3) is 0 Å². The summed E-state index contributed by atoms with van der Waals surface area (Å²) >= 11 is 0. The van der Waals surface area contributed by atoms with E-state index in [9.17, 15) is 4.79 Å². The molecule has 0 saturated carbocycles. The quantitative estimate of drug-likeness (QED) is 0.778. The Bertz CT molecular complexity index is 701. The minimum atomic E-state index is 0.00834. The molecule has 0 unspecified atom stereocenters. The maximum Gasteiger partial charge on any atom is 0.166 e. The lowest BCUT2D eigenvalue weighted by Crippen LogP contribution is -2.00. The van der Waals surface area contributed by atoms with E-state index in [4.69, 9.17) is 14.7 Å². The Labute approximate surface area is 123 Å². The van der Waals surface area contributed by atoms with Crippen LogP contribution in [0, 0.1) is 11.3 Å². The molecular formula is C17H15NO3. The monoisotopic (exact) mass is 281 g/mol. The topological polar surface area (TPSA) is 59.3 Å². The minimum absolute atomic E-state index is 0.00834. The van der Waals surface area contributed by atoms with Gasteiger partial charge in [0.2, 0.25) is 0 Å². The number of nitrogens with zero attached hydrogens (tertiary/aromatic N) is 1. The van der Waals surface area contributed by atoms with E-state index in [1.54, 1.807) is 49.4 Å². The molecule has 0 aliphatic carbocycles. The number of hydrogen-bond acceptors (Lipinski definition) is 4. The van der Waals surface area contributed by atoms with Crippen LogP contribution in [0.4, 0.5) is 0 Å². The fraction of sp³-hybridized carbons (Fsp3) is 0.176. The van der Waals surface area contributed by atoms with E-state index in [-0.39, 0.29) is 5.78 Å². The van der Waals surface area contributed by atoms with Crippen LogP contribution < -0.4 is 9.47 Å². The van der Waals surface area contributed by atoms with Crippen LogP contribution in [-0.4, -0.2) is 12.9 Å². The minimum Gasteiger partial charge on any atom is -0.497 e. The Hall–Kier alpha value is -2.80. The maximum atomic E-state index is 11.9. The first-order chi connectivity index (χ1) is 10.2. The van der Waals surface area contributed by atoms with Gasteiger partial charge in [0.15, 0.2) is 5.78 Å². The zero-order chi connectivity index (χ0) is 15.2. The van der Waals surface area contributed by atoms with Gasteiger partial charge >= 0.3 is 0 Å². The van der Waals surface area contributed by atoms with Crippen LogP contribution in [0.2, 0.25) is 0 Å². The highest BCUT2D eigenvalue weighted by molar-refractivity contribution is 5.98. The van der Waals surface area contributed by atoms with Gasteiger partial charge in [0.05, 0.1) is 24.3 Å². The number of carbonyl (C=O) groups is 1. The predicted octanol–water partition coefficient (Wildman–Crippen LogP) is 3.95. The number of benzene rings is 2. The third kappa shape index (κ3) is 3.40. The Kier molecular flexibility index (Phi) is 4.57. The molecule has 0 aliphatic heterocycles. The SMILES string of the molecule is CCC(=O)c1ccccc1Oc1cc(C#N)cc(OC)c1. The van der Waals surface area contributed by atoms with Crippen LogP contribution in [0.5, 0.6) is 17.2 Å². The van der Waals surface area contributed by atoms with Crippen molar-refractivity contribution >= 4 is 5.78 Å². The number of para-hydroxylation sites is 1. The molecule has 2 aromatic carbocycles. The van der Waals surface area contributed by atoms with Gasteiger partial charge in [0, 0.05) is 12.5 Å². The molecule has 106 valence electrons. The van der Waals surface area contributed by atoms with Crippen molar-refractivity contribution in [1.29, 1.82) is 5.26 Å². The molecule has 0 heterocycles. The van der Waals surface area contributed by atoms with Crippen molar-refractivity contribution in [2.75, 3.05) is 7.11 Å². The van der Waals surface area contributed by atoms with Crippen molar-refractivity contribution < 1.29 is 14.3 Å². The summed E-state index contributed by atoms with van der Waals surface area (Å²) in [4.78, 5) is 11.9. The van der Waals surface area contributed by atoms with E-state index < -0.39 is 0 Å². The lowest BCUT2D eigenvalue weighted by atomic mass is 10.1. The molecule has 0 atom stereocenters. The van der Waals surface area contributed by atoms with Crippen LogP contribution >= 0.6 is 0 Å². The fourth-order valence-corrected chi connectivity index (χ4v) is 1.92. The molecule has 0 bridgehead atoms. The van der Waals surface area contributed by atoms with Gasteiger partial charge in [-0.25, -0.2) is 0 Å². The average Bonchev–Trinajstić information content (AvgIpc) is 2.54. The largest absolute Gasteiger partial charge is 0.497 e. The Morgan fingerprint density at radius 3 is 2.57 bits per heavy atom. The second-order valence-corrected chi connectivity index (χ2v) is 4.38. The Balaban J connectivity index is 2.39. The molecule has 0 amide bonds. The summed E-state index contributed by atoms with van der Waals surface area (Å²) in [5.74, 6) is 1.47. The lowest BCUT2D eigenvalue weighted by Gasteiger charge is -2.11. The highest BCUT2D eigenvalue weighted by Crippen LogP contribution is 2.29. The Morgan fingerprint density at radius 2 is 1.90 bits per heavy atom. The summed E-state index contributed by atoms with van der Waals surface area (Å²) in [6, 6.07) is 14.0. The van der Waals surface area contributed by atoms with E-state index in [1.807, 2.05) is 6.07 Å². The number of ketones is 1. The van der Waals surface area contributed by atoms with Crippen LogP contribution in [0.1, 0.15) is 29.3 Å². The van der Waals surface area contributed by atoms with Gasteiger partial charge in [0.25, 0.3) is 0 Å². The summed E-state index contributed by atoms with van der Waals surface area (Å²) in [6.45, 7) is 1.80. The molecule has 2 aromatic rings. The molecule has 0 saturated heterocycles. The first kappa shape index (κ1) is 14.6. The number of methoxy groups -OCH3 is 1. The van der Waals surface area contributed by atoms with Gasteiger partial charge in [-0.05, 0) is 24.3 Å². The number of carbonyl (C=O) groups excluding carboxylic acids is 1.